The van der Waals surface area contributed by atoms with Gasteiger partial charge >= 0.3 is 11.9 Å². The molecule has 1 aliphatic carbocycles. The Morgan fingerprint density at radius 2 is 1.76 bits per heavy atom. The average molecular weight is 645 g/mol. The van der Waals surface area contributed by atoms with Crippen LogP contribution in [0.15, 0.2) is 71.5 Å². The minimum atomic E-state index is -2.43. The molecule has 2 amide bonds. The van der Waals surface area contributed by atoms with Gasteiger partial charge < -0.3 is 14.8 Å². The standard InChI is InChI=1S/C34H37N3O6SSi/c1-35(2)22-11-13-26-28(19-22)45(5,18-8-17-44-21-32(40)43-37-30(38)15-16-31(37)39)29-20-23(36(3)4)12-14-27(29)33(26)24-9-6-7-10-25(24)34(41)42/h6-7,9-14,19-20H,8,15-18,21H2,1-5H3/p+1. The highest BCUT2D eigenvalue weighted by molar-refractivity contribution is 7.99. The quantitative estimate of drug-likeness (QED) is 0.179. The number of amides is 2. The summed E-state index contributed by atoms with van der Waals surface area (Å²) in [6, 6.07) is 14.6. The molecular formula is C34H38N3O6SSi+. The lowest BCUT2D eigenvalue weighted by Crippen LogP contribution is -2.52. The minimum absolute atomic E-state index is 0.0436. The summed E-state index contributed by atoms with van der Waals surface area (Å²) in [6.07, 6.45) is 7.46. The number of thioether (sulfide) groups is 1. The van der Waals surface area contributed by atoms with Crippen molar-refractivity contribution in [1.29, 1.82) is 0 Å². The highest BCUT2D eigenvalue weighted by Crippen LogP contribution is 2.44. The monoisotopic (exact) mass is 644 g/mol. The Morgan fingerprint density at radius 1 is 1.04 bits per heavy atom. The third kappa shape index (κ3) is 6.32. The summed E-state index contributed by atoms with van der Waals surface area (Å²) in [4.78, 5) is 55.5. The summed E-state index contributed by atoms with van der Waals surface area (Å²) in [5, 5.41) is 13.2. The van der Waals surface area contributed by atoms with Gasteiger partial charge in [0.15, 0.2) is 5.71 Å². The molecule has 2 aromatic rings. The van der Waals surface area contributed by atoms with E-state index < -0.39 is 31.8 Å². The summed E-state index contributed by atoms with van der Waals surface area (Å²) in [7, 11) is 5.65. The van der Waals surface area contributed by atoms with Crippen LogP contribution < -0.4 is 10.1 Å². The first-order valence-electron chi connectivity index (χ1n) is 14.9. The number of hydroxylamine groups is 2. The molecule has 0 aromatic heterocycles. The molecule has 0 radical (unpaired) electrons. The van der Waals surface area contributed by atoms with E-state index in [0.29, 0.717) is 16.4 Å². The molecule has 1 saturated heterocycles. The number of fused-ring (bicyclic) bond motifs is 2. The van der Waals surface area contributed by atoms with Crippen LogP contribution in [0.4, 0.5) is 5.69 Å². The fourth-order valence-electron chi connectivity index (χ4n) is 6.18. The molecule has 0 unspecified atom stereocenters. The van der Waals surface area contributed by atoms with Gasteiger partial charge in [-0.15, -0.1) is 5.06 Å². The lowest BCUT2D eigenvalue weighted by Gasteiger charge is -2.40. The topological polar surface area (TPSA) is 107 Å². The van der Waals surface area contributed by atoms with Crippen LogP contribution in [0.1, 0.15) is 40.7 Å². The molecule has 2 aliphatic heterocycles. The highest BCUT2D eigenvalue weighted by Gasteiger charge is 2.44. The Kier molecular flexibility index (Phi) is 9.31. The number of allylic oxidation sites excluding steroid dienone is 5. The average Bonchev–Trinajstić information content (AvgIpc) is 3.33. The zero-order valence-corrected chi connectivity index (χ0v) is 28.1. The second-order valence-corrected chi connectivity index (χ2v) is 17.4. The first-order valence-corrected chi connectivity index (χ1v) is 18.8. The molecule has 2 heterocycles. The van der Waals surface area contributed by atoms with Crippen LogP contribution >= 0.6 is 11.8 Å². The Balaban J connectivity index is 1.50. The zero-order chi connectivity index (χ0) is 32.5. The first-order chi connectivity index (χ1) is 21.4. The van der Waals surface area contributed by atoms with Crippen molar-refractivity contribution in [3.8, 4) is 0 Å². The largest absolute Gasteiger partial charge is 0.478 e. The Bertz CT molecular complexity index is 1710. The van der Waals surface area contributed by atoms with Gasteiger partial charge in [-0.2, -0.15) is 11.8 Å². The molecule has 1 atom stereocenters. The number of carbonyl (C=O) groups is 4. The van der Waals surface area contributed by atoms with E-state index in [2.05, 4.69) is 52.4 Å². The van der Waals surface area contributed by atoms with E-state index in [-0.39, 0.29) is 24.2 Å². The van der Waals surface area contributed by atoms with E-state index in [1.165, 1.54) is 22.1 Å². The third-order valence-electron chi connectivity index (χ3n) is 8.58. The number of nitrogens with zero attached hydrogens (tertiary/aromatic N) is 3. The number of anilines is 1. The molecule has 234 valence electrons. The predicted molar refractivity (Wildman–Crippen MR) is 180 cm³/mol. The van der Waals surface area contributed by atoms with Crippen molar-refractivity contribution in [3.05, 3.63) is 88.2 Å². The van der Waals surface area contributed by atoms with Crippen LogP contribution in [0.5, 0.6) is 0 Å². The third-order valence-corrected chi connectivity index (χ3v) is 14.2. The molecule has 0 saturated carbocycles. The number of aromatic carboxylic acids is 1. The second-order valence-electron chi connectivity index (χ2n) is 12.0. The number of carboxylic acids is 1. The van der Waals surface area contributed by atoms with Crippen LogP contribution in [0.3, 0.4) is 0 Å². The van der Waals surface area contributed by atoms with Gasteiger partial charge in [0.25, 0.3) is 11.8 Å². The van der Waals surface area contributed by atoms with Gasteiger partial charge in [-0.1, -0.05) is 30.8 Å². The van der Waals surface area contributed by atoms with Crippen molar-refractivity contribution in [2.45, 2.75) is 31.9 Å². The van der Waals surface area contributed by atoms with Gasteiger partial charge in [-0.3, -0.25) is 9.59 Å². The number of hydrogen-bond acceptors (Lipinski definition) is 7. The van der Waals surface area contributed by atoms with Crippen LogP contribution in [-0.2, 0) is 19.2 Å². The van der Waals surface area contributed by atoms with E-state index in [4.69, 9.17) is 4.84 Å². The molecule has 5 rings (SSSR count). The van der Waals surface area contributed by atoms with Crippen molar-refractivity contribution in [2.75, 3.05) is 44.6 Å². The normalized spacial score (nSPS) is 18.9. The van der Waals surface area contributed by atoms with Crippen LogP contribution in [0.25, 0.3) is 5.57 Å². The number of carbonyl (C=O) groups excluding carboxylic acids is 3. The van der Waals surface area contributed by atoms with E-state index in [1.807, 2.05) is 40.3 Å². The lowest BCUT2D eigenvalue weighted by molar-refractivity contribution is -0.462. The van der Waals surface area contributed by atoms with Crippen LogP contribution in [0.2, 0.25) is 12.6 Å². The maximum absolute atomic E-state index is 12.4. The Labute approximate surface area is 268 Å². The summed E-state index contributed by atoms with van der Waals surface area (Å²) in [6.45, 7) is 2.38. The number of hydrogen-bond donors (Lipinski definition) is 1. The molecule has 2 aromatic carbocycles. The van der Waals surface area contributed by atoms with Crippen molar-refractivity contribution >= 4 is 65.7 Å². The SMILES string of the molecule is CN(C)c1ccc2c(c1)[Si@@](C)(CCCSCC(=O)ON1C(=O)CCC1=O)C1=CC(=[N+](C)C)C=CC1=C2c1ccccc1C(=O)O. The maximum Gasteiger partial charge on any atom is 0.342 e. The molecule has 11 heteroatoms. The number of carboxylic acid groups (broad SMARTS) is 1. The van der Waals surface area contributed by atoms with Crippen molar-refractivity contribution in [3.63, 3.8) is 0 Å². The molecule has 0 bridgehead atoms. The van der Waals surface area contributed by atoms with Crippen molar-refractivity contribution in [1.82, 2.24) is 5.06 Å². The van der Waals surface area contributed by atoms with Crippen molar-refractivity contribution < 1.29 is 33.7 Å². The summed E-state index contributed by atoms with van der Waals surface area (Å²) in [5.74, 6) is -1.80. The number of benzene rings is 2. The van der Waals surface area contributed by atoms with Gasteiger partial charge in [0.05, 0.1) is 11.3 Å². The van der Waals surface area contributed by atoms with Crippen molar-refractivity contribution in [2.24, 2.45) is 0 Å². The Morgan fingerprint density at radius 3 is 2.42 bits per heavy atom. The maximum atomic E-state index is 12.4. The van der Waals surface area contributed by atoms with E-state index in [9.17, 15) is 24.3 Å². The molecule has 3 aliphatic rings. The van der Waals surface area contributed by atoms with Gasteiger partial charge in [0.1, 0.15) is 22.2 Å². The first kappa shape index (κ1) is 32.2. The lowest BCUT2D eigenvalue weighted by atomic mass is 9.87. The molecule has 0 spiro atoms. The fraction of sp³-hybridized carbons (Fsp3) is 0.324. The van der Waals surface area contributed by atoms with Gasteiger partial charge in [0.2, 0.25) is 0 Å². The van der Waals surface area contributed by atoms with Gasteiger partial charge in [-0.25, -0.2) is 14.2 Å². The zero-order valence-electron chi connectivity index (χ0n) is 26.3. The van der Waals surface area contributed by atoms with Crippen LogP contribution in [0, 0.1) is 0 Å². The van der Waals surface area contributed by atoms with Gasteiger partial charge in [-0.05, 0) is 75.1 Å². The smallest absolute Gasteiger partial charge is 0.342 e. The number of imide groups is 1. The summed E-state index contributed by atoms with van der Waals surface area (Å²) in [5.41, 5.74) is 6.17. The Hall–Kier alpha value is -4.22. The summed E-state index contributed by atoms with van der Waals surface area (Å²) >= 11 is 1.43. The highest BCUT2D eigenvalue weighted by atomic mass is 32.2. The minimum Gasteiger partial charge on any atom is -0.478 e. The predicted octanol–water partition coefficient (Wildman–Crippen LogP) is 4.03. The molecule has 9 nitrogen and oxygen atoms in total. The van der Waals surface area contributed by atoms with E-state index in [1.54, 1.807) is 12.1 Å². The van der Waals surface area contributed by atoms with Gasteiger partial charge in [0, 0.05) is 44.8 Å². The fourth-order valence-corrected chi connectivity index (χ4v) is 11.4. The molecule has 1 N–H and O–H groups in total. The molecule has 45 heavy (non-hydrogen) atoms. The molecule has 1 fully saturated rings. The van der Waals surface area contributed by atoms with E-state index >= 15 is 0 Å². The van der Waals surface area contributed by atoms with E-state index in [0.717, 1.165) is 40.6 Å². The van der Waals surface area contributed by atoms with Crippen LogP contribution in [-0.4, -0.2) is 92.0 Å². The molecular weight excluding hydrogens is 607 g/mol. The second kappa shape index (κ2) is 13.0. The summed E-state index contributed by atoms with van der Waals surface area (Å²) < 4.78 is 2.09. The number of rotatable bonds is 10.